The molecule has 3 aromatic rings. The van der Waals surface area contributed by atoms with Gasteiger partial charge in [-0.2, -0.15) is 0 Å². The highest BCUT2D eigenvalue weighted by Crippen LogP contribution is 2.31. The van der Waals surface area contributed by atoms with Crippen LogP contribution in [0.25, 0.3) is 10.2 Å². The first-order chi connectivity index (χ1) is 14.7. The Morgan fingerprint density at radius 2 is 1.81 bits per heavy atom. The molecule has 0 aliphatic carbocycles. The number of thiazole rings is 1. The second kappa shape index (κ2) is 10.1. The van der Waals surface area contributed by atoms with Crippen molar-refractivity contribution >= 4 is 54.0 Å². The fraction of sp³-hybridized carbons (Fsp3) is 0.364. The van der Waals surface area contributed by atoms with Crippen molar-refractivity contribution in [2.75, 3.05) is 37.8 Å². The number of aryl methyl sites for hydroxylation is 1. The minimum Gasteiger partial charge on any atom is -0.309 e. The van der Waals surface area contributed by atoms with Gasteiger partial charge in [-0.25, -0.2) is 13.4 Å². The number of benzene rings is 2. The van der Waals surface area contributed by atoms with Gasteiger partial charge in [0.25, 0.3) is 0 Å². The number of rotatable bonds is 9. The molecular weight excluding hydrogens is 454 g/mol. The van der Waals surface area contributed by atoms with Gasteiger partial charge in [0.1, 0.15) is 0 Å². The molecule has 9 heteroatoms. The standard InChI is InChI=1S/C22H26ClN3O3S2/c1-16-5-8-18(9-6-16)31(28,29)14-11-21(27)26(13-4-12-25(2)3)22-24-19-10-7-17(23)15-20(19)30-22/h5-10,15H,4,11-14H2,1-3H3. The Balaban J connectivity index is 1.78. The lowest BCUT2D eigenvalue weighted by molar-refractivity contribution is -0.118. The number of carbonyl (C=O) groups is 1. The summed E-state index contributed by atoms with van der Waals surface area (Å²) < 4.78 is 26.3. The molecule has 1 aromatic heterocycles. The van der Waals surface area contributed by atoms with Crippen LogP contribution in [-0.2, 0) is 14.6 Å². The predicted molar refractivity (Wildman–Crippen MR) is 128 cm³/mol. The summed E-state index contributed by atoms with van der Waals surface area (Å²) in [6.45, 7) is 3.17. The Bertz CT molecular complexity index is 1160. The van der Waals surface area contributed by atoms with Gasteiger partial charge in [0, 0.05) is 18.0 Å². The van der Waals surface area contributed by atoms with Crippen LogP contribution >= 0.6 is 22.9 Å². The van der Waals surface area contributed by atoms with Gasteiger partial charge < -0.3 is 4.90 Å². The Labute approximate surface area is 192 Å². The number of sulfone groups is 1. The van der Waals surface area contributed by atoms with Gasteiger partial charge in [-0.3, -0.25) is 9.69 Å². The number of halogens is 1. The summed E-state index contributed by atoms with van der Waals surface area (Å²) in [5.41, 5.74) is 1.75. The van der Waals surface area contributed by atoms with Crippen molar-refractivity contribution in [2.45, 2.75) is 24.7 Å². The van der Waals surface area contributed by atoms with Crippen LogP contribution in [0.1, 0.15) is 18.4 Å². The highest BCUT2D eigenvalue weighted by Gasteiger charge is 2.23. The third-order valence-corrected chi connectivity index (χ3v) is 7.83. The van der Waals surface area contributed by atoms with Crippen LogP contribution in [0.5, 0.6) is 0 Å². The molecular formula is C22H26ClN3O3S2. The minimum atomic E-state index is -3.54. The van der Waals surface area contributed by atoms with Crippen molar-refractivity contribution in [3.05, 3.63) is 53.1 Å². The molecule has 0 atom stereocenters. The average Bonchev–Trinajstić information content (AvgIpc) is 3.12. The molecule has 0 fully saturated rings. The van der Waals surface area contributed by atoms with E-state index in [0.717, 1.165) is 28.7 Å². The first-order valence-corrected chi connectivity index (χ1v) is 12.8. The molecule has 31 heavy (non-hydrogen) atoms. The second-order valence-electron chi connectivity index (χ2n) is 7.69. The van der Waals surface area contributed by atoms with Gasteiger partial charge in [0.05, 0.1) is 20.9 Å². The lowest BCUT2D eigenvalue weighted by Gasteiger charge is -2.21. The highest BCUT2D eigenvalue weighted by atomic mass is 35.5. The largest absolute Gasteiger partial charge is 0.309 e. The van der Waals surface area contributed by atoms with Crippen LogP contribution in [0.15, 0.2) is 47.4 Å². The van der Waals surface area contributed by atoms with Crippen molar-refractivity contribution in [2.24, 2.45) is 0 Å². The molecule has 0 saturated carbocycles. The highest BCUT2D eigenvalue weighted by molar-refractivity contribution is 7.91. The van der Waals surface area contributed by atoms with Crippen molar-refractivity contribution in [3.8, 4) is 0 Å². The zero-order valence-electron chi connectivity index (χ0n) is 17.8. The maximum Gasteiger partial charge on any atom is 0.229 e. The molecule has 0 N–H and O–H groups in total. The summed E-state index contributed by atoms with van der Waals surface area (Å²) in [4.78, 5) is 21.6. The second-order valence-corrected chi connectivity index (χ2v) is 11.2. The first-order valence-electron chi connectivity index (χ1n) is 9.96. The molecule has 1 amide bonds. The van der Waals surface area contributed by atoms with Crippen molar-refractivity contribution in [1.82, 2.24) is 9.88 Å². The lowest BCUT2D eigenvalue weighted by atomic mass is 10.2. The van der Waals surface area contributed by atoms with Crippen LogP contribution in [-0.4, -0.2) is 57.1 Å². The maximum atomic E-state index is 13.1. The molecule has 0 bridgehead atoms. The van der Waals surface area contributed by atoms with E-state index in [0.29, 0.717) is 16.7 Å². The van der Waals surface area contributed by atoms with Crippen LogP contribution in [0.4, 0.5) is 5.13 Å². The normalized spacial score (nSPS) is 11.9. The van der Waals surface area contributed by atoms with E-state index in [2.05, 4.69) is 4.98 Å². The summed E-state index contributed by atoms with van der Waals surface area (Å²) in [6, 6.07) is 12.1. The monoisotopic (exact) mass is 479 g/mol. The molecule has 0 radical (unpaired) electrons. The van der Waals surface area contributed by atoms with Crippen molar-refractivity contribution < 1.29 is 13.2 Å². The fourth-order valence-electron chi connectivity index (χ4n) is 3.09. The average molecular weight is 480 g/mol. The summed E-state index contributed by atoms with van der Waals surface area (Å²) in [7, 11) is 0.402. The summed E-state index contributed by atoms with van der Waals surface area (Å²) >= 11 is 7.47. The number of fused-ring (bicyclic) bond motifs is 1. The molecule has 166 valence electrons. The smallest absolute Gasteiger partial charge is 0.229 e. The fourth-order valence-corrected chi connectivity index (χ4v) is 5.61. The van der Waals surface area contributed by atoms with E-state index >= 15 is 0 Å². The number of anilines is 1. The minimum absolute atomic E-state index is 0.102. The van der Waals surface area contributed by atoms with Gasteiger partial charge in [0.15, 0.2) is 15.0 Å². The van der Waals surface area contributed by atoms with Crippen LogP contribution in [0, 0.1) is 6.92 Å². The van der Waals surface area contributed by atoms with E-state index in [1.54, 1.807) is 35.2 Å². The van der Waals surface area contributed by atoms with E-state index in [4.69, 9.17) is 11.6 Å². The summed E-state index contributed by atoms with van der Waals surface area (Å²) in [5, 5.41) is 1.17. The van der Waals surface area contributed by atoms with Gasteiger partial charge in [-0.15, -0.1) is 0 Å². The van der Waals surface area contributed by atoms with E-state index in [1.807, 2.05) is 38.1 Å². The van der Waals surface area contributed by atoms with Gasteiger partial charge in [-0.1, -0.05) is 40.6 Å². The van der Waals surface area contributed by atoms with Crippen LogP contribution in [0.3, 0.4) is 0 Å². The quantitative estimate of drug-likeness (QED) is 0.454. The predicted octanol–water partition coefficient (Wildman–Crippen LogP) is 4.41. The summed E-state index contributed by atoms with van der Waals surface area (Å²) in [5.74, 6) is -0.491. The lowest BCUT2D eigenvalue weighted by Crippen LogP contribution is -2.34. The van der Waals surface area contributed by atoms with Crippen LogP contribution in [0.2, 0.25) is 5.02 Å². The maximum absolute atomic E-state index is 13.1. The molecule has 0 aliphatic rings. The molecule has 3 rings (SSSR count). The molecule has 0 aliphatic heterocycles. The number of hydrogen-bond acceptors (Lipinski definition) is 6. The molecule has 6 nitrogen and oxygen atoms in total. The van der Waals surface area contributed by atoms with Gasteiger partial charge in [-0.05, 0) is 64.3 Å². The van der Waals surface area contributed by atoms with Gasteiger partial charge in [0.2, 0.25) is 5.91 Å². The van der Waals surface area contributed by atoms with E-state index < -0.39 is 9.84 Å². The number of amides is 1. The third-order valence-electron chi connectivity index (χ3n) is 4.82. The molecule has 0 unspecified atom stereocenters. The summed E-state index contributed by atoms with van der Waals surface area (Å²) in [6.07, 6.45) is 0.648. The van der Waals surface area contributed by atoms with Crippen LogP contribution < -0.4 is 4.90 Å². The van der Waals surface area contributed by atoms with Crippen molar-refractivity contribution in [3.63, 3.8) is 0 Å². The number of carbonyl (C=O) groups excluding carboxylic acids is 1. The molecule has 2 aromatic carbocycles. The number of hydrogen-bond donors (Lipinski definition) is 0. The van der Waals surface area contributed by atoms with E-state index in [1.165, 1.54) is 11.3 Å². The third kappa shape index (κ3) is 6.26. The Morgan fingerprint density at radius 3 is 2.48 bits per heavy atom. The zero-order chi connectivity index (χ0) is 22.6. The Kier molecular flexibility index (Phi) is 7.69. The number of nitrogens with zero attached hydrogens (tertiary/aromatic N) is 3. The zero-order valence-corrected chi connectivity index (χ0v) is 20.2. The molecule has 1 heterocycles. The molecule has 0 spiro atoms. The number of aromatic nitrogens is 1. The van der Waals surface area contributed by atoms with E-state index in [9.17, 15) is 13.2 Å². The SMILES string of the molecule is Cc1ccc(S(=O)(=O)CCC(=O)N(CCCN(C)C)c2nc3ccc(Cl)cc3s2)cc1. The topological polar surface area (TPSA) is 70.6 Å². The van der Waals surface area contributed by atoms with Gasteiger partial charge >= 0.3 is 0 Å². The first kappa shape index (κ1) is 23.7. The van der Waals surface area contributed by atoms with Crippen molar-refractivity contribution in [1.29, 1.82) is 0 Å². The van der Waals surface area contributed by atoms with E-state index in [-0.39, 0.29) is 23.0 Å². The Morgan fingerprint density at radius 1 is 1.10 bits per heavy atom. The Hall–Kier alpha value is -2.00. The molecule has 0 saturated heterocycles.